The van der Waals surface area contributed by atoms with Crippen molar-refractivity contribution in [2.75, 3.05) is 13.1 Å². The van der Waals surface area contributed by atoms with Crippen LogP contribution in [0.25, 0.3) is 0 Å². The summed E-state index contributed by atoms with van der Waals surface area (Å²) in [6, 6.07) is 7.30. The number of carbonyl (C=O) groups is 1. The van der Waals surface area contributed by atoms with E-state index in [-0.39, 0.29) is 12.2 Å². The van der Waals surface area contributed by atoms with E-state index in [1.165, 1.54) is 12.5 Å². The average Bonchev–Trinajstić information content (AvgIpc) is 2.82. The molecule has 0 spiro atoms. The molecule has 0 unspecified atom stereocenters. The molecule has 1 aromatic rings. The zero-order valence-electron chi connectivity index (χ0n) is 11.7. The summed E-state index contributed by atoms with van der Waals surface area (Å²) in [6.07, 6.45) is 5.12. The molecule has 1 saturated heterocycles. The van der Waals surface area contributed by atoms with E-state index < -0.39 is 5.97 Å². The standard InChI is InChI=1S/C16H22FNO2/c17-14-6-3-5-13(11-14)12-15-7-4-10-18(15)9-2-1-8-16(19)20/h3,5-6,11,15H,1-2,4,7-10,12H2,(H,19,20)/t15-/m1/s1. The fourth-order valence-electron chi connectivity index (χ4n) is 2.95. The molecule has 0 saturated carbocycles. The van der Waals surface area contributed by atoms with E-state index in [2.05, 4.69) is 4.90 Å². The fraction of sp³-hybridized carbons (Fsp3) is 0.562. The number of carboxylic acids is 1. The first-order valence-corrected chi connectivity index (χ1v) is 7.35. The number of halogens is 1. The zero-order chi connectivity index (χ0) is 14.4. The Morgan fingerprint density at radius 2 is 2.25 bits per heavy atom. The van der Waals surface area contributed by atoms with Gasteiger partial charge in [-0.1, -0.05) is 12.1 Å². The number of carboxylic acid groups (broad SMARTS) is 1. The Bertz CT molecular complexity index is 450. The van der Waals surface area contributed by atoms with Gasteiger partial charge in [-0.3, -0.25) is 4.79 Å². The molecule has 0 radical (unpaired) electrons. The molecular formula is C16H22FNO2. The van der Waals surface area contributed by atoms with Gasteiger partial charge in [0.2, 0.25) is 0 Å². The molecule has 1 aliphatic heterocycles. The maximum Gasteiger partial charge on any atom is 0.303 e. The second-order valence-corrected chi connectivity index (χ2v) is 5.52. The van der Waals surface area contributed by atoms with Gasteiger partial charge < -0.3 is 10.0 Å². The summed E-state index contributed by atoms with van der Waals surface area (Å²) in [6.45, 7) is 2.03. The molecule has 1 heterocycles. The van der Waals surface area contributed by atoms with Crippen LogP contribution in [0.4, 0.5) is 4.39 Å². The van der Waals surface area contributed by atoms with Crippen LogP contribution in [0.15, 0.2) is 24.3 Å². The smallest absolute Gasteiger partial charge is 0.303 e. The summed E-state index contributed by atoms with van der Waals surface area (Å²) in [5.41, 5.74) is 1.05. The van der Waals surface area contributed by atoms with Crippen LogP contribution < -0.4 is 0 Å². The van der Waals surface area contributed by atoms with Crippen LogP contribution >= 0.6 is 0 Å². The molecule has 3 nitrogen and oxygen atoms in total. The Balaban J connectivity index is 1.80. The lowest BCUT2D eigenvalue weighted by Gasteiger charge is -2.24. The van der Waals surface area contributed by atoms with Gasteiger partial charge in [-0.05, 0) is 62.9 Å². The number of hydrogen-bond acceptors (Lipinski definition) is 2. The molecule has 110 valence electrons. The minimum absolute atomic E-state index is 0.173. The fourth-order valence-corrected chi connectivity index (χ4v) is 2.95. The van der Waals surface area contributed by atoms with Gasteiger partial charge in [0, 0.05) is 12.5 Å². The van der Waals surface area contributed by atoms with Gasteiger partial charge >= 0.3 is 5.97 Å². The van der Waals surface area contributed by atoms with E-state index in [1.54, 1.807) is 12.1 Å². The molecule has 1 atom stereocenters. The Kier molecular flexibility index (Phi) is 5.53. The molecule has 1 N–H and O–H groups in total. The van der Waals surface area contributed by atoms with Crippen molar-refractivity contribution in [1.29, 1.82) is 0 Å². The zero-order valence-corrected chi connectivity index (χ0v) is 11.7. The van der Waals surface area contributed by atoms with Crippen LogP contribution in [-0.2, 0) is 11.2 Å². The van der Waals surface area contributed by atoms with E-state index in [1.807, 2.05) is 6.07 Å². The maximum absolute atomic E-state index is 13.2. The molecule has 0 aromatic heterocycles. The molecule has 0 aliphatic carbocycles. The van der Waals surface area contributed by atoms with Gasteiger partial charge in [-0.25, -0.2) is 4.39 Å². The van der Waals surface area contributed by atoms with Crippen LogP contribution in [0.2, 0.25) is 0 Å². The number of likely N-dealkylation sites (tertiary alicyclic amines) is 1. The lowest BCUT2D eigenvalue weighted by molar-refractivity contribution is -0.137. The lowest BCUT2D eigenvalue weighted by Crippen LogP contribution is -2.32. The third-order valence-corrected chi connectivity index (χ3v) is 3.95. The van der Waals surface area contributed by atoms with Crippen LogP contribution in [0, 0.1) is 5.82 Å². The van der Waals surface area contributed by atoms with Crippen molar-refractivity contribution in [1.82, 2.24) is 4.90 Å². The Labute approximate surface area is 119 Å². The Morgan fingerprint density at radius 3 is 3.00 bits per heavy atom. The average molecular weight is 279 g/mol. The number of nitrogens with zero attached hydrogens (tertiary/aromatic N) is 1. The van der Waals surface area contributed by atoms with E-state index in [0.29, 0.717) is 6.04 Å². The third kappa shape index (κ3) is 4.60. The van der Waals surface area contributed by atoms with Gasteiger partial charge in [-0.15, -0.1) is 0 Å². The van der Waals surface area contributed by atoms with Crippen LogP contribution in [0.3, 0.4) is 0 Å². The number of hydrogen-bond donors (Lipinski definition) is 1. The minimum atomic E-state index is -0.720. The highest BCUT2D eigenvalue weighted by Crippen LogP contribution is 2.22. The van der Waals surface area contributed by atoms with Crippen molar-refractivity contribution in [2.45, 2.75) is 44.6 Å². The van der Waals surface area contributed by atoms with Crippen LogP contribution in [0.1, 0.15) is 37.7 Å². The highest BCUT2D eigenvalue weighted by Gasteiger charge is 2.24. The Hall–Kier alpha value is -1.42. The van der Waals surface area contributed by atoms with Gasteiger partial charge in [0.05, 0.1) is 0 Å². The summed E-state index contributed by atoms with van der Waals surface area (Å²) in [4.78, 5) is 12.9. The predicted octanol–water partition coefficient (Wildman–Crippen LogP) is 3.09. The topological polar surface area (TPSA) is 40.5 Å². The molecule has 0 bridgehead atoms. The second-order valence-electron chi connectivity index (χ2n) is 5.52. The highest BCUT2D eigenvalue weighted by molar-refractivity contribution is 5.66. The molecule has 2 rings (SSSR count). The quantitative estimate of drug-likeness (QED) is 0.780. The number of rotatable bonds is 7. The predicted molar refractivity (Wildman–Crippen MR) is 76.2 cm³/mol. The lowest BCUT2D eigenvalue weighted by atomic mass is 10.0. The number of unbranched alkanes of at least 4 members (excludes halogenated alkanes) is 1. The molecule has 1 aromatic carbocycles. The first kappa shape index (κ1) is 15.0. The molecule has 1 aliphatic rings. The molecule has 4 heteroatoms. The number of aliphatic carboxylic acids is 1. The summed E-state index contributed by atoms with van der Waals surface area (Å²) in [5.74, 6) is -0.892. The molecule has 1 fully saturated rings. The van der Waals surface area contributed by atoms with Crippen molar-refractivity contribution in [2.24, 2.45) is 0 Å². The summed E-state index contributed by atoms with van der Waals surface area (Å²) in [7, 11) is 0. The number of benzene rings is 1. The maximum atomic E-state index is 13.2. The highest BCUT2D eigenvalue weighted by atomic mass is 19.1. The van der Waals surface area contributed by atoms with E-state index in [0.717, 1.165) is 44.3 Å². The van der Waals surface area contributed by atoms with E-state index >= 15 is 0 Å². The van der Waals surface area contributed by atoms with Gasteiger partial charge in [0.15, 0.2) is 0 Å². The minimum Gasteiger partial charge on any atom is -0.481 e. The van der Waals surface area contributed by atoms with Gasteiger partial charge in [0.1, 0.15) is 5.82 Å². The third-order valence-electron chi connectivity index (χ3n) is 3.95. The SMILES string of the molecule is O=C(O)CCCCN1CCC[C@@H]1Cc1cccc(F)c1. The van der Waals surface area contributed by atoms with Crippen LogP contribution in [-0.4, -0.2) is 35.1 Å². The van der Waals surface area contributed by atoms with Crippen molar-refractivity contribution < 1.29 is 14.3 Å². The summed E-state index contributed by atoms with van der Waals surface area (Å²) >= 11 is 0. The largest absolute Gasteiger partial charge is 0.481 e. The van der Waals surface area contributed by atoms with Gasteiger partial charge in [-0.2, -0.15) is 0 Å². The monoisotopic (exact) mass is 279 g/mol. The normalized spacial score (nSPS) is 19.4. The van der Waals surface area contributed by atoms with Crippen molar-refractivity contribution >= 4 is 5.97 Å². The first-order chi connectivity index (χ1) is 9.65. The summed E-state index contributed by atoms with van der Waals surface area (Å²) in [5, 5.41) is 8.63. The second kappa shape index (κ2) is 7.39. The van der Waals surface area contributed by atoms with E-state index in [4.69, 9.17) is 5.11 Å². The summed E-state index contributed by atoms with van der Waals surface area (Å²) < 4.78 is 13.2. The van der Waals surface area contributed by atoms with Crippen molar-refractivity contribution in [3.05, 3.63) is 35.6 Å². The molecule has 0 amide bonds. The van der Waals surface area contributed by atoms with Crippen molar-refractivity contribution in [3.63, 3.8) is 0 Å². The first-order valence-electron chi connectivity index (χ1n) is 7.35. The van der Waals surface area contributed by atoms with E-state index in [9.17, 15) is 9.18 Å². The molecular weight excluding hydrogens is 257 g/mol. The van der Waals surface area contributed by atoms with Crippen molar-refractivity contribution in [3.8, 4) is 0 Å². The van der Waals surface area contributed by atoms with Crippen LogP contribution in [0.5, 0.6) is 0 Å². The Morgan fingerprint density at radius 1 is 1.40 bits per heavy atom. The van der Waals surface area contributed by atoms with Gasteiger partial charge in [0.25, 0.3) is 0 Å². The molecule has 20 heavy (non-hydrogen) atoms.